The van der Waals surface area contributed by atoms with Crippen LogP contribution in [0.5, 0.6) is 0 Å². The number of aliphatic carboxylic acids is 2. The quantitative estimate of drug-likeness (QED) is 0.0172. The monoisotopic (exact) mass is 806 g/mol. The summed E-state index contributed by atoms with van der Waals surface area (Å²) in [6, 6.07) is -2.27. The number of carboxylic acid groups (broad SMARTS) is 2. The molecule has 3 amide bonds. The molecule has 2 aliphatic heterocycles. The molecule has 0 bridgehead atoms. The molecule has 0 aliphatic carbocycles. The van der Waals surface area contributed by atoms with Gasteiger partial charge in [0.25, 0.3) is 17.7 Å². The molecule has 0 radical (unpaired) electrons. The van der Waals surface area contributed by atoms with Gasteiger partial charge in [-0.1, -0.05) is 5.16 Å². The minimum absolute atomic E-state index is 0.0152. The predicted octanol–water partition coefficient (Wildman–Crippen LogP) is -5.11. The molecule has 1 fully saturated rings. The van der Waals surface area contributed by atoms with E-state index in [1.54, 1.807) is 7.05 Å². The molecule has 1 saturated heterocycles. The van der Waals surface area contributed by atoms with Gasteiger partial charge in [-0.15, -0.1) is 21.1 Å². The number of fused-ring (bicyclic) bond motifs is 1. The molecule has 29 heteroatoms. The van der Waals surface area contributed by atoms with E-state index >= 15 is 0 Å². The number of guanidine groups is 1. The molecule has 53 heavy (non-hydrogen) atoms. The summed E-state index contributed by atoms with van der Waals surface area (Å²) in [5.41, 5.74) is 26.0. The Balaban J connectivity index is 0.00000141. The molecule has 0 aromatic carbocycles. The van der Waals surface area contributed by atoms with Crippen molar-refractivity contribution in [1.29, 1.82) is 0 Å². The van der Waals surface area contributed by atoms with Crippen molar-refractivity contribution in [2.24, 2.45) is 34.4 Å². The van der Waals surface area contributed by atoms with Gasteiger partial charge in [-0.3, -0.25) is 23.8 Å². The fourth-order valence-electron chi connectivity index (χ4n) is 4.40. The van der Waals surface area contributed by atoms with Crippen molar-refractivity contribution >= 4 is 91.7 Å². The molecule has 0 unspecified atom stereocenters. The number of β-lactam (4-membered cyclic amide) rings is 1. The van der Waals surface area contributed by atoms with Gasteiger partial charge < -0.3 is 58.9 Å². The van der Waals surface area contributed by atoms with Crippen molar-refractivity contribution in [3.63, 3.8) is 0 Å². The molecule has 15 N–H and O–H groups in total. The SMILES string of the molecule is Cn1c(N)c(NC(=O)[C@H](CN)N=C(N)N)c[n+]1CC1=C(C(=O)O)N2C(=O)[C@@H](NC(=O)/C(=N\OC(C)(C)C(=O)O)c3nsc(N)n3)[C@H]2SC1.O=S(=O)([O-])O. The van der Waals surface area contributed by atoms with E-state index in [1.165, 1.54) is 41.2 Å². The first-order chi connectivity index (χ1) is 24.5. The topological polar surface area (TPSA) is 429 Å². The average Bonchev–Trinajstić information content (AvgIpc) is 3.58. The third-order valence-corrected chi connectivity index (χ3v) is 8.90. The molecule has 4 heterocycles. The number of oxime groups is 1. The lowest BCUT2D eigenvalue weighted by atomic mass is 10.0. The van der Waals surface area contributed by atoms with E-state index in [9.17, 15) is 34.2 Å². The van der Waals surface area contributed by atoms with E-state index in [4.69, 9.17) is 51.0 Å². The van der Waals surface area contributed by atoms with Crippen molar-refractivity contribution in [3.8, 4) is 0 Å². The maximum Gasteiger partial charge on any atom is 0.352 e. The fraction of sp³-hybridized carbons (Fsp3) is 0.417. The average molecular weight is 807 g/mol. The van der Waals surface area contributed by atoms with Crippen LogP contribution >= 0.6 is 23.3 Å². The van der Waals surface area contributed by atoms with E-state index in [1.807, 2.05) is 0 Å². The van der Waals surface area contributed by atoms with Gasteiger partial charge in [0.15, 0.2) is 29.1 Å². The van der Waals surface area contributed by atoms with Crippen molar-refractivity contribution in [3.05, 3.63) is 23.3 Å². The smallest absolute Gasteiger partial charge is 0.352 e. The second kappa shape index (κ2) is 16.4. The number of rotatable bonds is 13. The second-order valence-electron chi connectivity index (χ2n) is 11.2. The first-order valence-electron chi connectivity index (χ1n) is 14.4. The van der Waals surface area contributed by atoms with Gasteiger partial charge in [-0.25, -0.2) is 23.0 Å². The van der Waals surface area contributed by atoms with Crippen LogP contribution in [-0.4, -0.2) is 123 Å². The summed E-state index contributed by atoms with van der Waals surface area (Å²) in [5.74, 6) is -5.46. The number of nitrogens with one attached hydrogen (secondary N) is 2. The van der Waals surface area contributed by atoms with Crippen LogP contribution in [0.1, 0.15) is 19.7 Å². The van der Waals surface area contributed by atoms with E-state index in [0.717, 1.165) is 16.4 Å². The largest absolute Gasteiger partial charge is 0.726 e. The molecule has 0 saturated carbocycles. The van der Waals surface area contributed by atoms with Gasteiger partial charge in [0, 0.05) is 29.4 Å². The third kappa shape index (κ3) is 10.3. The number of nitrogens with two attached hydrogens (primary N) is 5. The summed E-state index contributed by atoms with van der Waals surface area (Å²) in [6.45, 7) is 2.17. The highest BCUT2D eigenvalue weighted by atomic mass is 32.3. The predicted molar refractivity (Wildman–Crippen MR) is 183 cm³/mol. The Hall–Kier alpha value is -5.62. The van der Waals surface area contributed by atoms with Crippen LogP contribution in [-0.2, 0) is 52.8 Å². The summed E-state index contributed by atoms with van der Waals surface area (Å²) in [4.78, 5) is 76.9. The molecule has 2 aliphatic rings. The number of hydrogen-bond donors (Lipinski definition) is 10. The zero-order valence-corrected chi connectivity index (χ0v) is 30.1. The molecular formula is C24H34N14O12S3. The lowest BCUT2D eigenvalue weighted by Crippen LogP contribution is -2.71. The number of carbonyl (C=O) groups excluding carboxylic acids is 3. The van der Waals surface area contributed by atoms with Crippen LogP contribution in [0.25, 0.3) is 0 Å². The van der Waals surface area contributed by atoms with Gasteiger partial charge in [0.1, 0.15) is 23.2 Å². The van der Waals surface area contributed by atoms with E-state index in [2.05, 4.69) is 30.1 Å². The fourth-order valence-corrected chi connectivity index (χ4v) is 6.17. The normalized spacial score (nSPS) is 17.7. The van der Waals surface area contributed by atoms with Crippen LogP contribution in [0, 0.1) is 0 Å². The zero-order chi connectivity index (χ0) is 40.2. The molecule has 3 atom stereocenters. The molecule has 0 spiro atoms. The number of aromatic nitrogens is 4. The number of hydrogen-bond acceptors (Lipinski definition) is 18. The molecule has 2 aromatic heterocycles. The Kier molecular flexibility index (Phi) is 12.9. The number of aliphatic imine (C=N–C) groups is 1. The lowest BCUT2D eigenvalue weighted by molar-refractivity contribution is -0.765. The van der Waals surface area contributed by atoms with Gasteiger partial charge >= 0.3 is 11.9 Å². The maximum absolute atomic E-state index is 13.3. The van der Waals surface area contributed by atoms with Crippen molar-refractivity contribution in [2.75, 3.05) is 29.1 Å². The van der Waals surface area contributed by atoms with E-state index in [-0.39, 0.29) is 53.0 Å². The minimum Gasteiger partial charge on any atom is -0.726 e. The van der Waals surface area contributed by atoms with Crippen LogP contribution in [0.15, 0.2) is 27.6 Å². The minimum atomic E-state index is -4.92. The number of amides is 3. The van der Waals surface area contributed by atoms with Crippen molar-refractivity contribution < 1.29 is 61.2 Å². The van der Waals surface area contributed by atoms with Crippen LogP contribution < -0.4 is 44.0 Å². The summed E-state index contributed by atoms with van der Waals surface area (Å²) in [7, 11) is -3.34. The number of carboxylic acids is 2. The summed E-state index contributed by atoms with van der Waals surface area (Å²) >= 11 is 1.93. The van der Waals surface area contributed by atoms with Gasteiger partial charge in [-0.2, -0.15) is 9.36 Å². The van der Waals surface area contributed by atoms with Gasteiger partial charge in [0.05, 0.1) is 7.05 Å². The standard InChI is InChI=1S/C24H32N14O8S2.H2O4S/c1-24(2,21(44)45)46-34-11(15-33-23(29)48-35-15)17(40)32-12-18(41)38-13(20(42)43)8(7-47-19(12)38)5-37-6-10(14(26)36(37)3)30-16(39)9(4-25)31-22(27)28;1-5(2,3)4/h6,9,12,19,26H,4-5,7,25H2,1-3H3,(H10,27,28,29,30,31,32,33,35,39,40,42,43,44,45);(H2,1,2,3,4)/b34-11-;/t9-,12+,19+;/m0./s1. The van der Waals surface area contributed by atoms with E-state index < -0.39 is 68.8 Å². The Bertz CT molecular complexity index is 2000. The van der Waals surface area contributed by atoms with Crippen LogP contribution in [0.3, 0.4) is 0 Å². The van der Waals surface area contributed by atoms with Crippen LogP contribution in [0.2, 0.25) is 0 Å². The Morgan fingerprint density at radius 1 is 1.25 bits per heavy atom. The first-order valence-corrected chi connectivity index (χ1v) is 17.6. The first kappa shape index (κ1) is 41.8. The number of thioether (sulfide) groups is 1. The Morgan fingerprint density at radius 3 is 2.38 bits per heavy atom. The highest BCUT2D eigenvalue weighted by Gasteiger charge is 2.55. The molecular weight excluding hydrogens is 773 g/mol. The number of anilines is 3. The highest BCUT2D eigenvalue weighted by Crippen LogP contribution is 2.40. The zero-order valence-electron chi connectivity index (χ0n) is 27.7. The third-order valence-electron chi connectivity index (χ3n) is 7.01. The molecule has 4 rings (SSSR count). The highest BCUT2D eigenvalue weighted by molar-refractivity contribution is 8.00. The molecule has 26 nitrogen and oxygen atoms in total. The number of nitrogen functional groups attached to an aromatic ring is 2. The van der Waals surface area contributed by atoms with Gasteiger partial charge in [-0.05, 0) is 13.8 Å². The number of carbonyl (C=O) groups is 5. The Labute approximate surface area is 306 Å². The molecule has 290 valence electrons. The maximum atomic E-state index is 13.3. The number of nitrogens with zero attached hydrogens (tertiary/aromatic N) is 7. The Morgan fingerprint density at radius 2 is 1.87 bits per heavy atom. The summed E-state index contributed by atoms with van der Waals surface area (Å²) in [5, 5.41) is 27.4. The summed E-state index contributed by atoms with van der Waals surface area (Å²) in [6.07, 6.45) is 1.47. The van der Waals surface area contributed by atoms with Crippen molar-refractivity contribution in [1.82, 2.24) is 24.3 Å². The van der Waals surface area contributed by atoms with Crippen molar-refractivity contribution in [2.45, 2.75) is 43.5 Å². The van der Waals surface area contributed by atoms with Gasteiger partial charge in [0.2, 0.25) is 33.7 Å². The molecule has 2 aromatic rings. The summed E-state index contributed by atoms with van der Waals surface area (Å²) < 4.78 is 39.7. The lowest BCUT2D eigenvalue weighted by Gasteiger charge is -2.49. The van der Waals surface area contributed by atoms with E-state index in [0.29, 0.717) is 5.57 Å². The van der Waals surface area contributed by atoms with Crippen LogP contribution in [0.4, 0.5) is 16.6 Å². The second-order valence-corrected chi connectivity index (χ2v) is 13.9.